The second kappa shape index (κ2) is 13.2. The quantitative estimate of drug-likeness (QED) is 0.449. The van der Waals surface area contributed by atoms with Gasteiger partial charge in [0.1, 0.15) is 6.04 Å². The Morgan fingerprint density at radius 1 is 1.05 bits per heavy atom. The van der Waals surface area contributed by atoms with Gasteiger partial charge >= 0.3 is 6.18 Å². The fourth-order valence-electron chi connectivity index (χ4n) is 5.51. The third-order valence-electron chi connectivity index (χ3n) is 7.63. The molecule has 224 valence electrons. The maximum Gasteiger partial charge on any atom is 0.416 e. The average molecular weight is 615 g/mol. The van der Waals surface area contributed by atoms with E-state index in [0.29, 0.717) is 72.5 Å². The van der Waals surface area contributed by atoms with Gasteiger partial charge in [0.15, 0.2) is 0 Å². The molecule has 2 unspecified atom stereocenters. The highest BCUT2D eigenvalue weighted by Gasteiger charge is 2.37. The van der Waals surface area contributed by atoms with Crippen molar-refractivity contribution in [3.05, 3.63) is 63.1 Å². The Balaban J connectivity index is 1.54. The molecule has 3 N–H and O–H groups in total. The lowest BCUT2D eigenvalue weighted by Crippen LogP contribution is -2.60. The Bertz CT molecular complexity index is 1250. The van der Waals surface area contributed by atoms with Crippen LogP contribution in [0.25, 0.3) is 0 Å². The third kappa shape index (κ3) is 7.66. The number of hydrogen-bond acceptors (Lipinski definition) is 5. The Morgan fingerprint density at radius 2 is 1.76 bits per heavy atom. The lowest BCUT2D eigenvalue weighted by Gasteiger charge is -2.41. The Kier molecular flexibility index (Phi) is 10.1. The molecule has 2 atom stereocenters. The summed E-state index contributed by atoms with van der Waals surface area (Å²) in [6.07, 6.45) is -3.69. The lowest BCUT2D eigenvalue weighted by atomic mass is 9.94. The molecule has 2 amide bonds. The van der Waals surface area contributed by atoms with Gasteiger partial charge in [0.2, 0.25) is 11.8 Å². The summed E-state index contributed by atoms with van der Waals surface area (Å²) in [7, 11) is 0. The van der Waals surface area contributed by atoms with E-state index in [4.69, 9.17) is 28.9 Å². The predicted octanol–water partition coefficient (Wildman–Crippen LogP) is 4.75. The van der Waals surface area contributed by atoms with Crippen LogP contribution >= 0.6 is 23.2 Å². The summed E-state index contributed by atoms with van der Waals surface area (Å²) >= 11 is 12.5. The molecule has 0 radical (unpaired) electrons. The highest BCUT2D eigenvalue weighted by molar-refractivity contribution is 6.35. The van der Waals surface area contributed by atoms with Gasteiger partial charge in [-0.05, 0) is 53.8 Å². The number of nitrogens with zero attached hydrogens (tertiary/aromatic N) is 3. The maximum atomic E-state index is 13.9. The fraction of sp³-hybridized carbons (Fsp3) is 0.517. The first kappa shape index (κ1) is 31.4. The molecule has 2 aliphatic heterocycles. The molecule has 2 saturated heterocycles. The van der Waals surface area contributed by atoms with Gasteiger partial charge in [-0.3, -0.25) is 9.59 Å². The van der Waals surface area contributed by atoms with Gasteiger partial charge in [-0.15, -0.1) is 0 Å². The summed E-state index contributed by atoms with van der Waals surface area (Å²) in [6, 6.07) is 7.51. The number of alkyl halides is 3. The maximum absolute atomic E-state index is 13.9. The molecule has 41 heavy (non-hydrogen) atoms. The van der Waals surface area contributed by atoms with E-state index in [1.165, 1.54) is 6.07 Å². The molecular formula is C29H36Cl2F3N5O2. The molecule has 12 heteroatoms. The van der Waals surface area contributed by atoms with Crippen molar-refractivity contribution in [2.45, 2.75) is 44.9 Å². The minimum Gasteiger partial charge on any atom is -0.368 e. The van der Waals surface area contributed by atoms with Gasteiger partial charge in [-0.2, -0.15) is 13.2 Å². The van der Waals surface area contributed by atoms with Crippen molar-refractivity contribution in [1.82, 2.24) is 15.1 Å². The molecule has 7 nitrogen and oxygen atoms in total. The third-order valence-corrected chi connectivity index (χ3v) is 8.21. The smallest absolute Gasteiger partial charge is 0.368 e. The molecule has 2 heterocycles. The molecule has 2 fully saturated rings. The summed E-state index contributed by atoms with van der Waals surface area (Å²) in [5.41, 5.74) is 7.50. The summed E-state index contributed by atoms with van der Waals surface area (Å²) in [4.78, 5) is 32.0. The van der Waals surface area contributed by atoms with Crippen LogP contribution in [-0.4, -0.2) is 73.5 Å². The van der Waals surface area contributed by atoms with Crippen LogP contribution in [0.15, 0.2) is 36.4 Å². The van der Waals surface area contributed by atoms with E-state index in [1.54, 1.807) is 28.0 Å². The predicted molar refractivity (Wildman–Crippen MR) is 155 cm³/mol. The van der Waals surface area contributed by atoms with Crippen molar-refractivity contribution in [1.29, 1.82) is 0 Å². The van der Waals surface area contributed by atoms with Gasteiger partial charge < -0.3 is 25.8 Å². The molecular weight excluding hydrogens is 578 g/mol. The molecule has 0 bridgehead atoms. The number of nitrogens with one attached hydrogen (secondary N) is 1. The highest BCUT2D eigenvalue weighted by atomic mass is 35.5. The van der Waals surface area contributed by atoms with Crippen molar-refractivity contribution >= 4 is 40.7 Å². The van der Waals surface area contributed by atoms with Crippen molar-refractivity contribution in [2.75, 3.05) is 50.7 Å². The van der Waals surface area contributed by atoms with Crippen LogP contribution in [-0.2, 0) is 22.2 Å². The lowest BCUT2D eigenvalue weighted by molar-refractivity contribution is -0.146. The normalized spacial score (nSPS) is 18.2. The number of hydrogen-bond donors (Lipinski definition) is 2. The van der Waals surface area contributed by atoms with Crippen LogP contribution < -0.4 is 16.0 Å². The van der Waals surface area contributed by atoms with Crippen LogP contribution in [0.2, 0.25) is 10.0 Å². The van der Waals surface area contributed by atoms with Crippen LogP contribution in [0, 0.1) is 5.92 Å². The first-order chi connectivity index (χ1) is 19.3. The molecule has 0 aliphatic carbocycles. The molecule has 2 aromatic carbocycles. The average Bonchev–Trinajstić information content (AvgIpc) is 2.92. The van der Waals surface area contributed by atoms with E-state index in [2.05, 4.69) is 5.32 Å². The number of anilines is 1. The van der Waals surface area contributed by atoms with E-state index in [0.717, 1.165) is 12.1 Å². The van der Waals surface area contributed by atoms with Crippen molar-refractivity contribution in [2.24, 2.45) is 11.7 Å². The Morgan fingerprint density at radius 3 is 2.37 bits per heavy atom. The fourth-order valence-corrected chi connectivity index (χ4v) is 5.99. The van der Waals surface area contributed by atoms with Gasteiger partial charge in [0, 0.05) is 67.5 Å². The molecule has 0 saturated carbocycles. The van der Waals surface area contributed by atoms with E-state index in [9.17, 15) is 22.8 Å². The SMILES string of the molecule is CC(C)CC(N)c1cc(C(F)(F)F)ccc1N1CCN(C(=O)C(Cc2ccc(Cl)cc2Cl)N2CCNCC2=O)CC1. The van der Waals surface area contributed by atoms with Crippen molar-refractivity contribution in [3.8, 4) is 0 Å². The summed E-state index contributed by atoms with van der Waals surface area (Å²) in [5, 5.41) is 3.94. The number of carbonyl (C=O) groups excluding carboxylic acids is 2. The number of piperazine rings is 2. The largest absolute Gasteiger partial charge is 0.416 e. The van der Waals surface area contributed by atoms with Crippen LogP contribution in [0.5, 0.6) is 0 Å². The minimum atomic E-state index is -4.47. The topological polar surface area (TPSA) is 81.9 Å². The number of amides is 2. The first-order valence-electron chi connectivity index (χ1n) is 13.8. The zero-order valence-corrected chi connectivity index (χ0v) is 24.7. The Hall–Kier alpha value is -2.53. The highest BCUT2D eigenvalue weighted by Crippen LogP contribution is 2.36. The van der Waals surface area contributed by atoms with Gasteiger partial charge in [-0.25, -0.2) is 0 Å². The van der Waals surface area contributed by atoms with Crippen LogP contribution in [0.1, 0.15) is 43.0 Å². The zero-order chi connectivity index (χ0) is 29.9. The second-order valence-electron chi connectivity index (χ2n) is 11.0. The standard InChI is InChI=1S/C29H36Cl2F3N5O2/c1-18(2)13-24(35)22-15-20(29(32,33)34)4-6-25(22)37-9-11-38(12-10-37)28(41)26(39-8-7-36-17-27(39)40)14-19-3-5-21(30)16-23(19)31/h3-6,15-16,18,24,26,36H,7-14,17,35H2,1-2H3. The molecule has 0 aromatic heterocycles. The van der Waals surface area contributed by atoms with E-state index in [1.807, 2.05) is 18.7 Å². The van der Waals surface area contributed by atoms with Crippen LogP contribution in [0.4, 0.5) is 18.9 Å². The number of carbonyl (C=O) groups is 2. The second-order valence-corrected chi connectivity index (χ2v) is 11.9. The number of halogens is 5. The number of benzene rings is 2. The minimum absolute atomic E-state index is 0.152. The Labute approximate surface area is 248 Å². The summed E-state index contributed by atoms with van der Waals surface area (Å²) in [5.74, 6) is -0.137. The summed E-state index contributed by atoms with van der Waals surface area (Å²) in [6.45, 7) is 6.62. The van der Waals surface area contributed by atoms with Gasteiger partial charge in [0.25, 0.3) is 0 Å². The number of rotatable bonds is 8. The van der Waals surface area contributed by atoms with Gasteiger partial charge in [0.05, 0.1) is 12.1 Å². The number of nitrogens with two attached hydrogens (primary N) is 1. The van der Waals surface area contributed by atoms with E-state index < -0.39 is 23.8 Å². The van der Waals surface area contributed by atoms with Crippen molar-refractivity contribution in [3.63, 3.8) is 0 Å². The molecule has 0 spiro atoms. The molecule has 2 aliphatic rings. The first-order valence-corrected chi connectivity index (χ1v) is 14.5. The van der Waals surface area contributed by atoms with E-state index in [-0.39, 0.29) is 30.7 Å². The van der Waals surface area contributed by atoms with Crippen LogP contribution in [0.3, 0.4) is 0 Å². The molecule has 4 rings (SSSR count). The molecule has 2 aromatic rings. The van der Waals surface area contributed by atoms with Crippen molar-refractivity contribution < 1.29 is 22.8 Å². The summed E-state index contributed by atoms with van der Waals surface area (Å²) < 4.78 is 40.6. The monoisotopic (exact) mass is 613 g/mol. The van der Waals surface area contributed by atoms with Gasteiger partial charge in [-0.1, -0.05) is 43.1 Å². The zero-order valence-electron chi connectivity index (χ0n) is 23.2. The van der Waals surface area contributed by atoms with E-state index >= 15 is 0 Å².